The Balaban J connectivity index is 0.00000225. The Morgan fingerprint density at radius 3 is 2.56 bits per heavy atom. The molecular weight excluding hydrogens is 358 g/mol. The lowest BCUT2D eigenvalue weighted by Crippen LogP contribution is -2.49. The summed E-state index contributed by atoms with van der Waals surface area (Å²) in [5.41, 5.74) is 2.13. The fourth-order valence-corrected chi connectivity index (χ4v) is 3.58. The maximum Gasteiger partial charge on any atom is 0.260 e. The van der Waals surface area contributed by atoms with Crippen molar-refractivity contribution in [3.8, 4) is 5.75 Å². The summed E-state index contributed by atoms with van der Waals surface area (Å²) in [5.74, 6) is 0.839. The zero-order chi connectivity index (χ0) is 16.9. The van der Waals surface area contributed by atoms with Crippen molar-refractivity contribution in [2.24, 2.45) is 0 Å². The molecule has 0 aliphatic carbocycles. The van der Waals surface area contributed by atoms with Crippen LogP contribution in [0.15, 0.2) is 29.6 Å². The Labute approximate surface area is 159 Å². The number of aryl methyl sites for hydroxylation is 2. The topological polar surface area (TPSA) is 45.7 Å². The molecule has 1 amide bonds. The van der Waals surface area contributed by atoms with E-state index in [2.05, 4.69) is 15.3 Å². The predicted molar refractivity (Wildman–Crippen MR) is 103 cm³/mol. The minimum atomic E-state index is 0. The van der Waals surface area contributed by atoms with Crippen molar-refractivity contribution >= 4 is 29.7 Å². The average molecular weight is 382 g/mol. The number of ether oxygens (including phenoxy) is 1. The number of aromatic nitrogens is 1. The van der Waals surface area contributed by atoms with Crippen molar-refractivity contribution in [1.82, 2.24) is 14.8 Å². The summed E-state index contributed by atoms with van der Waals surface area (Å²) in [6, 6.07) is 7.77. The number of thiazole rings is 1. The number of benzene rings is 1. The third kappa shape index (κ3) is 5.42. The molecule has 1 aliphatic heterocycles. The van der Waals surface area contributed by atoms with Crippen molar-refractivity contribution in [3.63, 3.8) is 0 Å². The maximum atomic E-state index is 12.3. The van der Waals surface area contributed by atoms with E-state index in [4.69, 9.17) is 4.74 Å². The smallest absolute Gasteiger partial charge is 0.260 e. The standard InChI is InChI=1S/C18H23N3O2S.ClH/c1-14-5-3-4-6-16(14)23-12-18(22)21-9-7-20(8-10-21)11-17-19-15(2)13-24-17;/h3-6,13H,7-12H2,1-2H3;1H. The number of hydrogen-bond acceptors (Lipinski definition) is 5. The lowest BCUT2D eigenvalue weighted by molar-refractivity contribution is -0.135. The van der Waals surface area contributed by atoms with Gasteiger partial charge in [0.1, 0.15) is 10.8 Å². The molecule has 7 heteroatoms. The van der Waals surface area contributed by atoms with Crippen molar-refractivity contribution in [1.29, 1.82) is 0 Å². The van der Waals surface area contributed by atoms with E-state index in [-0.39, 0.29) is 24.9 Å². The molecule has 1 aromatic heterocycles. The second-order valence-corrected chi connectivity index (χ2v) is 7.04. The van der Waals surface area contributed by atoms with E-state index in [1.54, 1.807) is 11.3 Å². The summed E-state index contributed by atoms with van der Waals surface area (Å²) < 4.78 is 5.66. The monoisotopic (exact) mass is 381 g/mol. The summed E-state index contributed by atoms with van der Waals surface area (Å²) in [5, 5.41) is 3.23. The Bertz CT molecular complexity index is 699. The maximum absolute atomic E-state index is 12.3. The number of nitrogens with zero attached hydrogens (tertiary/aromatic N) is 3. The Morgan fingerprint density at radius 2 is 1.92 bits per heavy atom. The van der Waals surface area contributed by atoms with Gasteiger partial charge in [-0.25, -0.2) is 4.98 Å². The fraction of sp³-hybridized carbons (Fsp3) is 0.444. The Morgan fingerprint density at radius 1 is 1.20 bits per heavy atom. The number of amides is 1. The summed E-state index contributed by atoms with van der Waals surface area (Å²) >= 11 is 1.70. The number of carbonyl (C=O) groups is 1. The SMILES string of the molecule is Cc1csc(CN2CCN(C(=O)COc3ccccc3C)CC2)n1.Cl. The quantitative estimate of drug-likeness (QED) is 0.798. The normalized spacial score (nSPS) is 14.9. The van der Waals surface area contributed by atoms with Crippen LogP contribution in [0.4, 0.5) is 0 Å². The second-order valence-electron chi connectivity index (χ2n) is 6.09. The zero-order valence-corrected chi connectivity index (χ0v) is 16.2. The van der Waals surface area contributed by atoms with Gasteiger partial charge in [0.15, 0.2) is 6.61 Å². The van der Waals surface area contributed by atoms with Gasteiger partial charge in [0.05, 0.1) is 6.54 Å². The number of hydrogen-bond donors (Lipinski definition) is 0. The molecule has 0 saturated carbocycles. The molecule has 136 valence electrons. The molecule has 2 heterocycles. The first kappa shape index (κ1) is 19.7. The molecule has 0 atom stereocenters. The summed E-state index contributed by atoms with van der Waals surface area (Å²) in [6.07, 6.45) is 0. The number of carbonyl (C=O) groups excluding carboxylic acids is 1. The zero-order valence-electron chi connectivity index (χ0n) is 14.6. The van der Waals surface area contributed by atoms with Gasteiger partial charge in [0.25, 0.3) is 5.91 Å². The predicted octanol–water partition coefficient (Wildman–Crippen LogP) is 2.90. The molecule has 2 aromatic rings. The molecule has 1 fully saturated rings. The van der Waals surface area contributed by atoms with E-state index in [1.807, 2.05) is 43.0 Å². The molecule has 1 aromatic carbocycles. The first-order valence-electron chi connectivity index (χ1n) is 8.21. The second kappa shape index (κ2) is 9.17. The van der Waals surface area contributed by atoms with E-state index in [9.17, 15) is 4.79 Å². The van der Waals surface area contributed by atoms with Gasteiger partial charge >= 0.3 is 0 Å². The van der Waals surface area contributed by atoms with E-state index in [1.165, 1.54) is 0 Å². The highest BCUT2D eigenvalue weighted by atomic mass is 35.5. The molecule has 3 rings (SSSR count). The highest BCUT2D eigenvalue weighted by molar-refractivity contribution is 7.09. The van der Waals surface area contributed by atoms with Crippen molar-refractivity contribution < 1.29 is 9.53 Å². The summed E-state index contributed by atoms with van der Waals surface area (Å²) in [6.45, 7) is 8.25. The van der Waals surface area contributed by atoms with Crippen molar-refractivity contribution in [2.75, 3.05) is 32.8 Å². The first-order valence-corrected chi connectivity index (χ1v) is 9.09. The average Bonchev–Trinajstić information content (AvgIpc) is 2.99. The van der Waals surface area contributed by atoms with Gasteiger partial charge in [0, 0.05) is 37.3 Å². The van der Waals surface area contributed by atoms with Crippen LogP contribution in [-0.4, -0.2) is 53.5 Å². The molecule has 25 heavy (non-hydrogen) atoms. The van der Waals surface area contributed by atoms with Gasteiger partial charge in [-0.3, -0.25) is 9.69 Å². The number of piperazine rings is 1. The van der Waals surface area contributed by atoms with Crippen LogP contribution in [0.25, 0.3) is 0 Å². The van der Waals surface area contributed by atoms with Gasteiger partial charge in [-0.05, 0) is 25.5 Å². The highest BCUT2D eigenvalue weighted by Crippen LogP contribution is 2.17. The Hall–Kier alpha value is -1.63. The van der Waals surface area contributed by atoms with E-state index in [0.717, 1.165) is 54.7 Å². The number of rotatable bonds is 5. The molecule has 0 N–H and O–H groups in total. The third-order valence-corrected chi connectivity index (χ3v) is 5.15. The van der Waals surface area contributed by atoms with Crippen LogP contribution in [0, 0.1) is 13.8 Å². The number of para-hydroxylation sites is 1. The minimum Gasteiger partial charge on any atom is -0.484 e. The van der Waals surface area contributed by atoms with Gasteiger partial charge in [-0.2, -0.15) is 0 Å². The summed E-state index contributed by atoms with van der Waals surface area (Å²) in [4.78, 5) is 21.1. The lowest BCUT2D eigenvalue weighted by Gasteiger charge is -2.34. The third-order valence-electron chi connectivity index (χ3n) is 4.20. The van der Waals surface area contributed by atoms with Crippen LogP contribution in [0.5, 0.6) is 5.75 Å². The molecule has 0 bridgehead atoms. The largest absolute Gasteiger partial charge is 0.484 e. The molecule has 0 unspecified atom stereocenters. The fourth-order valence-electron chi connectivity index (χ4n) is 2.77. The van der Waals surface area contributed by atoms with Crippen molar-refractivity contribution in [2.45, 2.75) is 20.4 Å². The van der Waals surface area contributed by atoms with E-state index >= 15 is 0 Å². The first-order chi connectivity index (χ1) is 11.6. The molecule has 1 saturated heterocycles. The van der Waals surface area contributed by atoms with Crippen LogP contribution >= 0.6 is 23.7 Å². The van der Waals surface area contributed by atoms with Gasteiger partial charge in [-0.1, -0.05) is 18.2 Å². The lowest BCUT2D eigenvalue weighted by atomic mass is 10.2. The molecule has 0 spiro atoms. The number of halogens is 1. The van der Waals surface area contributed by atoms with E-state index < -0.39 is 0 Å². The van der Waals surface area contributed by atoms with Crippen LogP contribution in [0.1, 0.15) is 16.3 Å². The van der Waals surface area contributed by atoms with Crippen LogP contribution in [0.2, 0.25) is 0 Å². The van der Waals surface area contributed by atoms with Gasteiger partial charge in [-0.15, -0.1) is 23.7 Å². The van der Waals surface area contributed by atoms with E-state index in [0.29, 0.717) is 0 Å². The highest BCUT2D eigenvalue weighted by Gasteiger charge is 2.22. The Kier molecular flexibility index (Phi) is 7.23. The van der Waals surface area contributed by atoms with Gasteiger partial charge < -0.3 is 9.64 Å². The van der Waals surface area contributed by atoms with Crippen LogP contribution < -0.4 is 4.74 Å². The molecular formula is C18H24ClN3O2S. The van der Waals surface area contributed by atoms with Crippen molar-refractivity contribution in [3.05, 3.63) is 45.9 Å². The summed E-state index contributed by atoms with van der Waals surface area (Å²) in [7, 11) is 0. The molecule has 0 radical (unpaired) electrons. The minimum absolute atomic E-state index is 0. The molecule has 5 nitrogen and oxygen atoms in total. The molecule has 1 aliphatic rings. The van der Waals surface area contributed by atoms with Gasteiger partial charge in [0.2, 0.25) is 0 Å². The van der Waals surface area contributed by atoms with Crippen LogP contribution in [0.3, 0.4) is 0 Å². The van der Waals surface area contributed by atoms with Crippen LogP contribution in [-0.2, 0) is 11.3 Å².